The Bertz CT molecular complexity index is 3110. The maximum Gasteiger partial charge on any atom is 0.0576 e. The van der Waals surface area contributed by atoms with Gasteiger partial charge in [0.25, 0.3) is 0 Å². The van der Waals surface area contributed by atoms with E-state index in [0.29, 0.717) is 60.1 Å². The summed E-state index contributed by atoms with van der Waals surface area (Å²) in [6.07, 6.45) is 65.9. The highest BCUT2D eigenvalue weighted by Crippen LogP contribution is 2.32. The standard InChI is InChI=1S/5C22H32OS.5FH/c5*1-2-3-4-5-6-7-18-23-21-14-10-19(11-15-21)8-9-20-12-16-22(24)17-13-20;;;;;/h5*12-13,16-17,19,21,24H,2-7,10-11,14-15,18H2,1H3;5*1H. The van der Waals surface area contributed by atoms with Gasteiger partial charge in [-0.15, -0.1) is 63.1 Å². The lowest BCUT2D eigenvalue weighted by atomic mass is 9.87. The van der Waals surface area contributed by atoms with Crippen LogP contribution in [0.4, 0.5) is 23.5 Å². The first-order valence-corrected chi connectivity index (χ1v) is 50.7. The normalized spacial score (nSPS) is 19.6. The van der Waals surface area contributed by atoms with Gasteiger partial charge in [-0.05, 0) is 282 Å². The van der Waals surface area contributed by atoms with E-state index in [-0.39, 0.29) is 23.5 Å². The van der Waals surface area contributed by atoms with Crippen molar-refractivity contribution in [2.24, 2.45) is 29.6 Å². The molecule has 0 heterocycles. The van der Waals surface area contributed by atoms with Crippen molar-refractivity contribution in [3.63, 3.8) is 0 Å². The summed E-state index contributed by atoms with van der Waals surface area (Å²) in [7, 11) is 0. The molecule has 10 rings (SSSR count). The summed E-state index contributed by atoms with van der Waals surface area (Å²) in [5.74, 6) is 36.4. The topological polar surface area (TPSA) is 46.2 Å². The van der Waals surface area contributed by atoms with Crippen LogP contribution >= 0.6 is 63.1 Å². The molecule has 0 N–H and O–H groups in total. The van der Waals surface area contributed by atoms with Crippen LogP contribution in [0.2, 0.25) is 0 Å². The van der Waals surface area contributed by atoms with Crippen molar-refractivity contribution in [1.29, 1.82) is 0 Å². The Balaban J connectivity index is 0.000000774. The van der Waals surface area contributed by atoms with E-state index in [0.717, 1.165) is 85.3 Å². The molecule has 0 aliphatic heterocycles. The molecule has 5 fully saturated rings. The first-order chi connectivity index (χ1) is 58.9. The average molecular weight is 1820 g/mol. The summed E-state index contributed by atoms with van der Waals surface area (Å²) in [5.41, 5.74) is 5.46. The second-order valence-corrected chi connectivity index (χ2v) is 37.2. The number of hydrogen-bond donors (Lipinski definition) is 5. The van der Waals surface area contributed by atoms with Gasteiger partial charge in [-0.25, -0.2) is 0 Å². The first-order valence-electron chi connectivity index (χ1n) is 48.5. The van der Waals surface area contributed by atoms with Crippen LogP contribution in [0, 0.1) is 88.8 Å². The summed E-state index contributed by atoms with van der Waals surface area (Å²) in [6.45, 7) is 16.1. The van der Waals surface area contributed by atoms with Crippen LogP contribution in [-0.2, 0) is 23.7 Å². The molecule has 125 heavy (non-hydrogen) atoms. The Hall–Kier alpha value is -4.90. The molecule has 0 amide bonds. The van der Waals surface area contributed by atoms with Crippen molar-refractivity contribution in [1.82, 2.24) is 0 Å². The fourth-order valence-electron chi connectivity index (χ4n) is 16.2. The Labute approximate surface area is 786 Å². The molecule has 15 heteroatoms. The van der Waals surface area contributed by atoms with Gasteiger partial charge in [0.15, 0.2) is 0 Å². The SMILES string of the molecule is CCCCCCCCOC1CCC(C#Cc2ccc(S)cc2)CC1.CCCCCCCCOC1CCC(C#Cc2ccc(S)cc2)CC1.CCCCCCCCOC1CCC(C#Cc2ccc(S)cc2)CC1.CCCCCCCCOC1CCC(C#Cc2ccc(S)cc2)CC1.CCCCCCCCOC1CCC(C#Cc2ccc(S)cc2)CC1.F.F.F.F.F. The second-order valence-electron chi connectivity index (χ2n) is 34.6. The van der Waals surface area contributed by atoms with Crippen LogP contribution in [0.25, 0.3) is 0 Å². The van der Waals surface area contributed by atoms with Gasteiger partial charge >= 0.3 is 0 Å². The Kier molecular flexibility index (Phi) is 74.5. The van der Waals surface area contributed by atoms with Gasteiger partial charge in [-0.3, -0.25) is 23.5 Å². The van der Waals surface area contributed by atoms with Crippen molar-refractivity contribution in [3.05, 3.63) is 149 Å². The zero-order chi connectivity index (χ0) is 85.2. The third-order valence-electron chi connectivity index (χ3n) is 24.1. The predicted octanol–water partition coefficient (Wildman–Crippen LogP) is 32.1. The van der Waals surface area contributed by atoms with E-state index in [4.69, 9.17) is 23.7 Å². The minimum absolute atomic E-state index is 0. The quantitative estimate of drug-likeness (QED) is 0.0117. The molecule has 700 valence electrons. The van der Waals surface area contributed by atoms with Gasteiger partial charge in [0.2, 0.25) is 0 Å². The molecular weight excluding hydrogens is 1660 g/mol. The van der Waals surface area contributed by atoms with E-state index in [1.165, 1.54) is 321 Å². The summed E-state index contributed by atoms with van der Waals surface area (Å²) >= 11 is 21.5. The fourth-order valence-corrected chi connectivity index (χ4v) is 16.9. The van der Waals surface area contributed by atoms with Gasteiger partial charge in [0.05, 0.1) is 30.5 Å². The summed E-state index contributed by atoms with van der Waals surface area (Å²) in [5, 5.41) is 0. The summed E-state index contributed by atoms with van der Waals surface area (Å²) in [6, 6.07) is 40.5. The number of halogens is 5. The molecule has 0 unspecified atom stereocenters. The second kappa shape index (κ2) is 78.9. The van der Waals surface area contributed by atoms with Crippen molar-refractivity contribution in [3.8, 4) is 59.2 Å². The number of rotatable bonds is 40. The monoisotopic (exact) mass is 1820 g/mol. The minimum Gasteiger partial charge on any atom is -0.378 e. The highest BCUT2D eigenvalue weighted by molar-refractivity contribution is 7.81. The maximum atomic E-state index is 6.06. The number of unbranched alkanes of at least 4 members (excludes halogenated alkanes) is 25. The van der Waals surface area contributed by atoms with Crippen LogP contribution in [0.15, 0.2) is 146 Å². The number of hydrogen-bond acceptors (Lipinski definition) is 10. The van der Waals surface area contributed by atoms with E-state index < -0.39 is 0 Å². The van der Waals surface area contributed by atoms with Crippen LogP contribution in [0.3, 0.4) is 0 Å². The molecule has 5 aliphatic carbocycles. The highest BCUT2D eigenvalue weighted by atomic mass is 32.1. The van der Waals surface area contributed by atoms with E-state index in [2.05, 4.69) is 157 Å². The molecule has 0 spiro atoms. The third kappa shape index (κ3) is 59.9. The van der Waals surface area contributed by atoms with Crippen LogP contribution in [0.5, 0.6) is 0 Å². The Morgan fingerprint density at radius 3 is 0.456 bits per heavy atom. The Morgan fingerprint density at radius 1 is 0.192 bits per heavy atom. The van der Waals surface area contributed by atoms with Crippen molar-refractivity contribution in [2.45, 2.75) is 411 Å². The lowest BCUT2D eigenvalue weighted by molar-refractivity contribution is 0.0208. The molecule has 0 bridgehead atoms. The lowest BCUT2D eigenvalue weighted by Gasteiger charge is -2.25. The number of thiol groups is 5. The Morgan fingerprint density at radius 2 is 0.320 bits per heavy atom. The van der Waals surface area contributed by atoms with Crippen molar-refractivity contribution < 1.29 is 47.2 Å². The first kappa shape index (κ1) is 118. The van der Waals surface area contributed by atoms with Gasteiger partial charge in [-0.1, -0.05) is 254 Å². The fraction of sp³-hybridized carbons (Fsp3) is 0.636. The van der Waals surface area contributed by atoms with Crippen LogP contribution in [-0.4, -0.2) is 63.6 Å². The van der Waals surface area contributed by atoms with E-state index in [1.54, 1.807) is 0 Å². The maximum absolute atomic E-state index is 6.06. The zero-order valence-electron chi connectivity index (χ0n) is 77.5. The molecule has 0 atom stereocenters. The molecule has 5 nitrogen and oxygen atoms in total. The predicted molar refractivity (Wildman–Crippen MR) is 541 cm³/mol. The largest absolute Gasteiger partial charge is 0.378 e. The molecular formula is C110H165F5O5S5. The number of benzene rings is 5. The summed E-state index contributed by atoms with van der Waals surface area (Å²) in [4.78, 5) is 4.95. The van der Waals surface area contributed by atoms with Crippen LogP contribution in [0.1, 0.15) is 383 Å². The number of ether oxygens (including phenoxy) is 5. The van der Waals surface area contributed by atoms with Gasteiger partial charge < -0.3 is 23.7 Å². The molecule has 5 aromatic carbocycles. The highest BCUT2D eigenvalue weighted by Gasteiger charge is 2.25. The minimum atomic E-state index is 0. The van der Waals surface area contributed by atoms with Crippen LogP contribution < -0.4 is 0 Å². The van der Waals surface area contributed by atoms with E-state index in [9.17, 15) is 0 Å². The van der Waals surface area contributed by atoms with Gasteiger partial charge in [0.1, 0.15) is 0 Å². The average Bonchev–Trinajstić information content (AvgIpc) is 0.918. The molecule has 0 aromatic heterocycles. The van der Waals surface area contributed by atoms with E-state index >= 15 is 0 Å². The molecule has 0 radical (unpaired) electrons. The lowest BCUT2D eigenvalue weighted by Crippen LogP contribution is -2.21. The molecule has 5 aromatic rings. The van der Waals surface area contributed by atoms with Gasteiger partial charge in [-0.2, -0.15) is 0 Å². The van der Waals surface area contributed by atoms with Gasteiger partial charge in [0, 0.05) is 115 Å². The zero-order valence-corrected chi connectivity index (χ0v) is 82.0. The smallest absolute Gasteiger partial charge is 0.0576 e. The third-order valence-corrected chi connectivity index (χ3v) is 25.6. The van der Waals surface area contributed by atoms with Crippen molar-refractivity contribution >= 4 is 63.1 Å². The summed E-state index contributed by atoms with van der Waals surface area (Å²) < 4.78 is 30.3. The molecule has 5 saturated carbocycles. The molecule has 0 saturated heterocycles. The molecule has 5 aliphatic rings. The van der Waals surface area contributed by atoms with Crippen molar-refractivity contribution in [2.75, 3.05) is 33.0 Å². The van der Waals surface area contributed by atoms with E-state index in [1.807, 2.05) is 121 Å².